The van der Waals surface area contributed by atoms with E-state index in [2.05, 4.69) is 16.4 Å². The van der Waals surface area contributed by atoms with Crippen LogP contribution in [0.3, 0.4) is 0 Å². The van der Waals surface area contributed by atoms with Gasteiger partial charge in [0.15, 0.2) is 5.78 Å². The van der Waals surface area contributed by atoms with Gasteiger partial charge in [0, 0.05) is 39.8 Å². The Morgan fingerprint density at radius 3 is 2.90 bits per heavy atom. The van der Waals surface area contributed by atoms with Crippen molar-refractivity contribution in [2.24, 2.45) is 10.9 Å². The van der Waals surface area contributed by atoms with Crippen LogP contribution in [0.15, 0.2) is 27.7 Å². The van der Waals surface area contributed by atoms with Gasteiger partial charge in [-0.05, 0) is 38.1 Å². The number of esters is 1. The normalized spacial score (nSPS) is 25.6. The lowest BCUT2D eigenvalue weighted by molar-refractivity contribution is -0.921. The van der Waals surface area contributed by atoms with Crippen molar-refractivity contribution >= 4 is 28.8 Å². The lowest BCUT2D eigenvalue weighted by Crippen LogP contribution is -3.12. The van der Waals surface area contributed by atoms with Crippen LogP contribution in [-0.2, 0) is 25.6 Å². The molecule has 6 nitrogen and oxygen atoms in total. The predicted molar refractivity (Wildman–Crippen MR) is 111 cm³/mol. The van der Waals surface area contributed by atoms with Gasteiger partial charge in [0.2, 0.25) is 0 Å². The minimum Gasteiger partial charge on any atom is -0.465 e. The number of hydrogen-bond acceptors (Lipinski definition) is 6. The number of Topliss-reactive ketones (excluding diaryl/α,β-unsaturated/α-hetero) is 1. The highest BCUT2D eigenvalue weighted by Gasteiger charge is 2.43. The molecule has 3 aliphatic rings. The number of carbonyl (C=O) groups is 2. The Morgan fingerprint density at radius 2 is 2.14 bits per heavy atom. The second-order valence-electron chi connectivity index (χ2n) is 7.99. The number of rotatable bonds is 5. The first-order valence-corrected chi connectivity index (χ1v) is 11.4. The monoisotopic (exact) mass is 417 g/mol. The van der Waals surface area contributed by atoms with Gasteiger partial charge in [0.05, 0.1) is 19.8 Å². The van der Waals surface area contributed by atoms with E-state index < -0.39 is 5.92 Å². The number of carbonyl (C=O) groups excluding carboxylic acids is 2. The molecular weight excluding hydrogens is 388 g/mol. The van der Waals surface area contributed by atoms with Crippen LogP contribution in [0.2, 0.25) is 0 Å². The fourth-order valence-corrected chi connectivity index (χ4v) is 5.69. The van der Waals surface area contributed by atoms with Crippen LogP contribution in [0.4, 0.5) is 0 Å². The van der Waals surface area contributed by atoms with Crippen LogP contribution in [0.25, 0.3) is 0 Å². The third-order valence-corrected chi connectivity index (χ3v) is 7.07. The molecule has 1 saturated heterocycles. The highest BCUT2D eigenvalue weighted by atomic mass is 32.1. The number of nitrogens with one attached hydrogen (secondary N) is 1. The zero-order valence-corrected chi connectivity index (χ0v) is 18.0. The topological polar surface area (TPSA) is 69.4 Å². The largest absolute Gasteiger partial charge is 0.465 e. The maximum atomic E-state index is 12.9. The summed E-state index contributed by atoms with van der Waals surface area (Å²) in [6, 6.07) is 2.19. The predicted octanol–water partition coefficient (Wildman–Crippen LogP) is 1.91. The second-order valence-corrected chi connectivity index (χ2v) is 8.94. The first-order chi connectivity index (χ1) is 14.1. The van der Waals surface area contributed by atoms with E-state index >= 15 is 0 Å². The third kappa shape index (κ3) is 4.22. The molecule has 1 fully saturated rings. The summed E-state index contributed by atoms with van der Waals surface area (Å²) in [7, 11) is 0. The number of ketones is 1. The number of thiophene rings is 1. The summed E-state index contributed by atoms with van der Waals surface area (Å²) < 4.78 is 10.8. The van der Waals surface area contributed by atoms with E-state index in [1.165, 1.54) is 10.5 Å². The fraction of sp³-hybridized carbons (Fsp3) is 0.591. The molecular formula is C22H29N2O4S+. The number of hydrogen-bond donors (Lipinski definition) is 1. The molecule has 0 saturated carbocycles. The van der Waals surface area contributed by atoms with Gasteiger partial charge in [-0.2, -0.15) is 0 Å². The van der Waals surface area contributed by atoms with E-state index in [1.54, 1.807) is 11.3 Å². The van der Waals surface area contributed by atoms with Crippen molar-refractivity contribution < 1.29 is 24.0 Å². The Bertz CT molecular complexity index is 851. The van der Waals surface area contributed by atoms with Crippen LogP contribution in [0.5, 0.6) is 0 Å². The van der Waals surface area contributed by atoms with Gasteiger partial charge in [0.25, 0.3) is 0 Å². The van der Waals surface area contributed by atoms with E-state index in [9.17, 15) is 9.59 Å². The molecule has 1 unspecified atom stereocenters. The van der Waals surface area contributed by atoms with Gasteiger partial charge in [-0.1, -0.05) is 0 Å². The van der Waals surface area contributed by atoms with Gasteiger partial charge in [-0.25, -0.2) is 0 Å². The van der Waals surface area contributed by atoms with E-state index in [-0.39, 0.29) is 17.7 Å². The molecule has 3 heterocycles. The van der Waals surface area contributed by atoms with Crippen molar-refractivity contribution in [1.82, 2.24) is 0 Å². The Hall–Kier alpha value is -1.83. The van der Waals surface area contributed by atoms with Gasteiger partial charge in [-0.3, -0.25) is 14.6 Å². The standard InChI is InChI=1S/C22H28N2O4S/c1-3-28-22(26)19-14(2)23-16-5-4-6-17(25)20(16)21(19)18-11-15(13-29-18)12-24-7-9-27-10-8-24/h11,13,19,21H,3-10,12H2,1-2H3/p+1/t19?,21-/m0/s1. The molecule has 0 radical (unpaired) electrons. The third-order valence-electron chi connectivity index (χ3n) is 6.01. The molecule has 1 aromatic rings. The van der Waals surface area contributed by atoms with Crippen molar-refractivity contribution in [2.75, 3.05) is 32.9 Å². The van der Waals surface area contributed by atoms with Gasteiger partial charge < -0.3 is 14.4 Å². The lowest BCUT2D eigenvalue weighted by atomic mass is 9.74. The second kappa shape index (κ2) is 8.90. The highest BCUT2D eigenvalue weighted by molar-refractivity contribution is 7.10. The quantitative estimate of drug-likeness (QED) is 0.743. The fourth-order valence-electron chi connectivity index (χ4n) is 4.63. The Labute approximate surface area is 175 Å². The SMILES string of the molecule is CCOC(=O)C1C(C)=NC2=C(C(=O)CCC2)[C@H]1c1cc(C[NH+]2CCOCC2)cs1. The average molecular weight is 418 g/mol. The molecule has 4 rings (SSSR count). The molecule has 29 heavy (non-hydrogen) atoms. The lowest BCUT2D eigenvalue weighted by Gasteiger charge is -2.33. The minimum absolute atomic E-state index is 0.135. The number of quaternary nitrogens is 1. The molecule has 1 aliphatic carbocycles. The Balaban J connectivity index is 1.67. The first-order valence-electron chi connectivity index (χ1n) is 10.5. The summed E-state index contributed by atoms with van der Waals surface area (Å²) in [5.74, 6) is -0.932. The summed E-state index contributed by atoms with van der Waals surface area (Å²) in [5, 5.41) is 2.18. The van der Waals surface area contributed by atoms with Crippen molar-refractivity contribution in [3.05, 3.63) is 33.2 Å². The zero-order valence-electron chi connectivity index (χ0n) is 17.2. The summed E-state index contributed by atoms with van der Waals surface area (Å²) in [6.07, 6.45) is 2.18. The van der Waals surface area contributed by atoms with E-state index in [4.69, 9.17) is 9.47 Å². The molecule has 0 spiro atoms. The molecule has 1 aromatic heterocycles. The van der Waals surface area contributed by atoms with E-state index in [0.717, 1.165) is 67.5 Å². The van der Waals surface area contributed by atoms with Gasteiger partial charge in [-0.15, -0.1) is 11.3 Å². The number of nitrogens with zero attached hydrogens (tertiary/aromatic N) is 1. The van der Waals surface area contributed by atoms with Crippen molar-refractivity contribution in [3.63, 3.8) is 0 Å². The van der Waals surface area contributed by atoms with Crippen molar-refractivity contribution in [2.45, 2.75) is 45.6 Å². The van der Waals surface area contributed by atoms with Gasteiger partial charge >= 0.3 is 5.97 Å². The molecule has 0 bridgehead atoms. The summed E-state index contributed by atoms with van der Waals surface area (Å²) in [5.41, 5.74) is 3.64. The van der Waals surface area contributed by atoms with E-state index in [0.29, 0.717) is 13.0 Å². The minimum atomic E-state index is -0.516. The maximum Gasteiger partial charge on any atom is 0.315 e. The van der Waals surface area contributed by atoms with Crippen LogP contribution < -0.4 is 4.90 Å². The number of allylic oxidation sites excluding steroid dienone is 2. The van der Waals surface area contributed by atoms with E-state index in [1.807, 2.05) is 13.8 Å². The van der Waals surface area contributed by atoms with Crippen LogP contribution in [0.1, 0.15) is 49.5 Å². The molecule has 7 heteroatoms. The average Bonchev–Trinajstić information content (AvgIpc) is 3.16. The Morgan fingerprint density at radius 1 is 1.34 bits per heavy atom. The molecule has 156 valence electrons. The first kappa shape index (κ1) is 20.4. The Kier molecular flexibility index (Phi) is 6.27. The number of morpholine rings is 1. The molecule has 2 atom stereocenters. The summed E-state index contributed by atoms with van der Waals surface area (Å²) >= 11 is 1.65. The van der Waals surface area contributed by atoms with Gasteiger partial charge in [0.1, 0.15) is 25.6 Å². The van der Waals surface area contributed by atoms with Crippen LogP contribution in [-0.4, -0.2) is 50.4 Å². The van der Waals surface area contributed by atoms with Crippen LogP contribution >= 0.6 is 11.3 Å². The van der Waals surface area contributed by atoms with Crippen molar-refractivity contribution in [3.8, 4) is 0 Å². The molecule has 2 aliphatic heterocycles. The summed E-state index contributed by atoms with van der Waals surface area (Å²) in [6.45, 7) is 8.62. The number of aliphatic imine (C=N–C) groups is 1. The maximum absolute atomic E-state index is 12.9. The molecule has 1 N–H and O–H groups in total. The highest BCUT2D eigenvalue weighted by Crippen LogP contribution is 2.45. The zero-order chi connectivity index (χ0) is 20.4. The number of ether oxygens (including phenoxy) is 2. The van der Waals surface area contributed by atoms with Crippen LogP contribution in [0, 0.1) is 5.92 Å². The molecule has 0 aromatic carbocycles. The summed E-state index contributed by atoms with van der Waals surface area (Å²) in [4.78, 5) is 33.0. The smallest absolute Gasteiger partial charge is 0.315 e. The molecule has 0 amide bonds. The van der Waals surface area contributed by atoms with Crippen molar-refractivity contribution in [1.29, 1.82) is 0 Å².